The summed E-state index contributed by atoms with van der Waals surface area (Å²) >= 11 is 0. The number of piperidine rings is 1. The lowest BCUT2D eigenvalue weighted by Crippen LogP contribution is -2.81. The molecule has 2 aliphatic carbocycles. The number of aliphatic hydroxyl groups is 3. The van der Waals surface area contributed by atoms with Crippen LogP contribution in [0.2, 0.25) is 0 Å². The number of nitrogens with two attached hydrogens (primary N) is 3. The Labute approximate surface area is 796 Å². The molecule has 1 saturated carbocycles. The minimum Gasteiger partial charge on any atom is -0.496 e. The Hall–Kier alpha value is -12.5. The predicted molar refractivity (Wildman–Crippen MR) is 501 cm³/mol. The van der Waals surface area contributed by atoms with Crippen molar-refractivity contribution in [3.05, 3.63) is 128 Å². The maximum absolute atomic E-state index is 15.5. The highest BCUT2D eigenvalue weighted by atomic mass is 33.1. The van der Waals surface area contributed by atoms with Crippen molar-refractivity contribution in [3.8, 4) is 5.75 Å². The Morgan fingerprint density at radius 1 is 0.774 bits per heavy atom. The SMILES string of the molecule is CC[C@]1(O)C[C@H]2CN(CCC3=C(Cc4ccccc43)[C@@](C(=O)OC)(c3cc4c(cc3OC)N(C)[C@H]3[C@@](O)(C(=O)NCC(=O)OCCSSC[C@H](CC(=O)[C@@H](C)CC(=O)O)C(=O)O)[C@H](O)[C@]5(CC)C=CCN6CC[C@]43[C@@H]65)C2)C1.CNC(=O)[C@H](CC(=O)O)CC(=O)[C@H](CCCN=C(N)N)NC(=O)[C@H](CC(=O)O)CC(=O)CC[C@H](NC(=O)c1ccc(NCc2cnc3nc(N)[nH]c(=O)c3n2)cc1)C(=O)O. The minimum atomic E-state index is -2.53. The average molecular weight is 1940 g/mol. The number of benzene rings is 3. The first-order valence-electron chi connectivity index (χ1n) is 45.3. The van der Waals surface area contributed by atoms with Crippen LogP contribution in [-0.4, -0.2) is 293 Å². The lowest BCUT2D eigenvalue weighted by atomic mass is 9.47. The molecule has 7 aliphatic rings. The van der Waals surface area contributed by atoms with Gasteiger partial charge in [0.15, 0.2) is 28.5 Å². The minimum absolute atomic E-state index is 0.00691. The van der Waals surface area contributed by atoms with Crippen molar-refractivity contribution in [2.24, 2.45) is 51.5 Å². The molecule has 137 heavy (non-hydrogen) atoms. The van der Waals surface area contributed by atoms with Crippen LogP contribution < -0.4 is 59.0 Å². The van der Waals surface area contributed by atoms with E-state index in [2.05, 4.69) is 79.5 Å². The fraction of sp³-hybridized carbons (Fsp3) is 0.538. The van der Waals surface area contributed by atoms with Crippen molar-refractivity contribution >= 4 is 144 Å². The summed E-state index contributed by atoms with van der Waals surface area (Å²) in [6, 6.07) is 13.7. The summed E-state index contributed by atoms with van der Waals surface area (Å²) in [5.41, 5.74) is 15.9. The summed E-state index contributed by atoms with van der Waals surface area (Å²) in [4.78, 5) is 216. The van der Waals surface area contributed by atoms with E-state index in [0.717, 1.165) is 27.8 Å². The number of carboxylic acid groups (broad SMARTS) is 5. The number of esters is 2. The van der Waals surface area contributed by atoms with Crippen LogP contribution in [0, 0.1) is 35.0 Å². The number of Topliss-reactive ketones (excluding diaryl/α,β-unsaturated/α-hetero) is 3. The molecule has 2 saturated heterocycles. The number of nitrogens with one attached hydrogen (secondary N) is 6. The molecular weight excluding hydrogens is 1820 g/mol. The molecule has 1 unspecified atom stereocenters. The van der Waals surface area contributed by atoms with Crippen LogP contribution in [-0.2, 0) is 95.6 Å². The largest absolute Gasteiger partial charge is 0.496 e. The first-order chi connectivity index (χ1) is 65.0. The molecule has 5 aliphatic heterocycles. The molecule has 4 amide bonds. The van der Waals surface area contributed by atoms with Crippen molar-refractivity contribution in [1.29, 1.82) is 0 Å². The number of aromatic amines is 1. The number of aliphatic carboxylic acids is 5. The van der Waals surface area contributed by atoms with E-state index >= 15 is 9.59 Å². The number of carboxylic acids is 5. The van der Waals surface area contributed by atoms with Crippen LogP contribution >= 0.6 is 21.6 Å². The molecule has 12 rings (SSSR count). The van der Waals surface area contributed by atoms with Gasteiger partial charge in [-0.3, -0.25) is 86.9 Å². The second kappa shape index (κ2) is 45.2. The number of nitrogens with zero attached hydrogens (tertiary/aromatic N) is 7. The second-order valence-electron chi connectivity index (χ2n) is 36.1. The van der Waals surface area contributed by atoms with E-state index in [0.29, 0.717) is 106 Å². The van der Waals surface area contributed by atoms with Gasteiger partial charge in [0.25, 0.3) is 17.4 Å². The molecule has 42 nitrogen and oxygen atoms in total. The Bertz CT molecular complexity index is 5600. The fourth-order valence-corrected chi connectivity index (χ4v) is 23.1. The quantitative estimate of drug-likeness (QED) is 0.00665. The molecule has 3 fully saturated rings. The second-order valence-corrected chi connectivity index (χ2v) is 38.7. The number of nitrogen functional groups attached to an aromatic ring is 1. The number of hydrogen-bond acceptors (Lipinski definition) is 32. The van der Waals surface area contributed by atoms with Crippen LogP contribution in [0.15, 0.2) is 94.4 Å². The van der Waals surface area contributed by atoms with E-state index in [9.17, 15) is 98.1 Å². The first-order valence-corrected chi connectivity index (χ1v) is 47.8. The molecular formula is C93H120N16O26S2. The van der Waals surface area contributed by atoms with Crippen LogP contribution in [0.1, 0.15) is 162 Å². The van der Waals surface area contributed by atoms with Gasteiger partial charge in [-0.05, 0) is 135 Å². The highest BCUT2D eigenvalue weighted by Gasteiger charge is 2.79. The Balaban J connectivity index is 0.000000272. The molecule has 1 spiro atoms. The molecule has 16 atom stereocenters. The fourth-order valence-electron chi connectivity index (χ4n) is 21.0. The van der Waals surface area contributed by atoms with E-state index in [1.54, 1.807) is 14.2 Å². The number of aliphatic hydroxyl groups excluding tert-OH is 1. The maximum Gasteiger partial charge on any atom is 0.326 e. The third kappa shape index (κ3) is 23.3. The van der Waals surface area contributed by atoms with Crippen molar-refractivity contribution in [2.45, 2.75) is 189 Å². The van der Waals surface area contributed by atoms with Crippen LogP contribution in [0.5, 0.6) is 5.75 Å². The lowest BCUT2D eigenvalue weighted by molar-refractivity contribution is -0.203. The van der Waals surface area contributed by atoms with Crippen molar-refractivity contribution < 1.29 is 122 Å². The number of H-pyrrole nitrogens is 1. The van der Waals surface area contributed by atoms with Gasteiger partial charge in [-0.25, -0.2) is 14.8 Å². The van der Waals surface area contributed by atoms with Gasteiger partial charge in [-0.1, -0.05) is 78.8 Å². The van der Waals surface area contributed by atoms with E-state index in [1.165, 1.54) is 73.1 Å². The van der Waals surface area contributed by atoms with Gasteiger partial charge in [-0.15, -0.1) is 0 Å². The van der Waals surface area contributed by atoms with Gasteiger partial charge in [0, 0.05) is 135 Å². The molecule has 44 heteroatoms. The number of guanidine groups is 1. The lowest BCUT2D eigenvalue weighted by Gasteiger charge is -2.63. The number of likely N-dealkylation sites (N-methyl/N-ethyl adjacent to an activating group) is 1. The van der Waals surface area contributed by atoms with Crippen LogP contribution in [0.3, 0.4) is 0 Å². The number of aromatic nitrogens is 4. The number of amides is 4. The molecule has 2 aromatic heterocycles. The number of ketones is 3. The van der Waals surface area contributed by atoms with Gasteiger partial charge in [0.2, 0.25) is 17.8 Å². The van der Waals surface area contributed by atoms with Crippen molar-refractivity contribution in [3.63, 3.8) is 0 Å². The molecule has 740 valence electrons. The summed E-state index contributed by atoms with van der Waals surface area (Å²) in [7, 11) is 8.45. The third-order valence-corrected chi connectivity index (χ3v) is 29.8. The average Bonchev–Trinajstić information content (AvgIpc) is 1.48. The van der Waals surface area contributed by atoms with E-state index in [4.69, 9.17) is 36.5 Å². The molecule has 2 bridgehead atoms. The standard InChI is InChI=1S/C57H74N4O14S2.C36H46N12O12/c1-7-53(71)27-34-28-56(52(70)74-6,39-23-35-12-9-10-13-37(35)38(39)14-18-60(30-34)32-53)41-25-40-42(26-44(41)73-5)59(4)49-55(40)16-19-61-17-11-15-54(8-2,48(55)61)50(68)57(49,72)51(69)58-29-46(65)75-20-21-76-77-31-36(47(66)67)24-43(62)33(3)22-45(63)64;1-40-30(55)19(14-27(53)54)12-25(50)23(3-2-10-41-35(37)38)45-32(57)18(13-26(51)52)11-22(49)8-9-24(34(59)60)46-31(56)17-4-6-20(7-5-17)42-15-21-16-43-29-28(44-21)33(58)48-36(39)47-29/h9-13,15,25-26,33-34,36,48-50,68,71-72H,7-8,14,16-24,27-32H2,1-6H3,(H,58,69)(H,63,64)(H,66,67);4-7,16,18-19,23-24,42H,2-3,8-15H2,1H3,(H,40,55)(H,45,57)(H,46,56)(H,51,52)(H,53,54)(H,59,60)(H4,37,38,41)(H3,39,43,47,48,58)/t33-,34+,36-,48-,49+,50+,53-,54+,55+,56+,57-;18-,19-,23-,24-/m00/s1. The zero-order valence-corrected chi connectivity index (χ0v) is 78.8. The molecule has 0 radical (unpaired) electrons. The van der Waals surface area contributed by atoms with E-state index < -0.39 is 215 Å². The third-order valence-electron chi connectivity index (χ3n) is 27.4. The monoisotopic (exact) mass is 1940 g/mol. The zero-order valence-electron chi connectivity index (χ0n) is 77.2. The van der Waals surface area contributed by atoms with Crippen LogP contribution in [0.4, 0.5) is 17.3 Å². The number of rotatable bonds is 45. The molecule has 3 aromatic carbocycles. The number of anilines is 3. The van der Waals surface area contributed by atoms with Crippen LogP contribution in [0.25, 0.3) is 16.7 Å². The summed E-state index contributed by atoms with van der Waals surface area (Å²) < 4.78 is 17.9. The Kier molecular flexibility index (Phi) is 34.6. The van der Waals surface area contributed by atoms with E-state index in [-0.39, 0.29) is 91.4 Å². The molecule has 7 heterocycles. The highest BCUT2D eigenvalue weighted by Crippen LogP contribution is 2.68. The Morgan fingerprint density at radius 3 is 2.13 bits per heavy atom. The van der Waals surface area contributed by atoms with Gasteiger partial charge in [0.05, 0.1) is 87.4 Å². The van der Waals surface area contributed by atoms with Gasteiger partial charge >= 0.3 is 41.8 Å². The van der Waals surface area contributed by atoms with Crippen molar-refractivity contribution in [1.82, 2.24) is 51.0 Å². The van der Waals surface area contributed by atoms with Crippen molar-refractivity contribution in [2.75, 3.05) is 108 Å². The number of fused-ring (bicyclic) bond motifs is 6. The highest BCUT2D eigenvalue weighted by molar-refractivity contribution is 8.76. The molecule has 5 aromatic rings. The van der Waals surface area contributed by atoms with Gasteiger partial charge < -0.3 is 104 Å². The maximum atomic E-state index is 15.5. The summed E-state index contributed by atoms with van der Waals surface area (Å²) in [5.74, 6) is -17.6. The number of carbonyl (C=O) groups excluding carboxylic acids is 9. The number of aliphatic imine (C=N–C) groups is 1. The smallest absolute Gasteiger partial charge is 0.326 e. The topological polar surface area (TPSA) is 660 Å². The predicted octanol–water partition coefficient (Wildman–Crippen LogP) is 2.64. The summed E-state index contributed by atoms with van der Waals surface area (Å²) in [6.45, 7) is 7.91. The zero-order chi connectivity index (χ0) is 99.9. The van der Waals surface area contributed by atoms with Gasteiger partial charge in [-0.2, -0.15) is 4.98 Å². The number of ether oxygens (including phenoxy) is 3. The number of hydrogen-bond donors (Lipinski definition) is 17. The summed E-state index contributed by atoms with van der Waals surface area (Å²) in [5, 5.41) is 98.5. The van der Waals surface area contributed by atoms with E-state index in [1.807, 2.05) is 49.1 Å². The van der Waals surface area contributed by atoms with Gasteiger partial charge in [0.1, 0.15) is 48.0 Å². The number of carbonyl (C=O) groups is 14. The molecule has 20 N–H and O–H groups in total. The Morgan fingerprint density at radius 2 is 1.47 bits per heavy atom. The normalized spacial score (nSPS) is 23.9. The first kappa shape index (κ1) is 105. The number of methoxy groups -OCH3 is 2. The summed E-state index contributed by atoms with van der Waals surface area (Å²) in [6.07, 6.45) is 2.66.